The van der Waals surface area contributed by atoms with Crippen LogP contribution in [-0.2, 0) is 0 Å². The van der Waals surface area contributed by atoms with E-state index in [1.165, 1.54) is 12.1 Å². The Kier molecular flexibility index (Phi) is 3.10. The van der Waals surface area contributed by atoms with Gasteiger partial charge in [-0.3, -0.25) is 4.79 Å². The maximum atomic E-state index is 10.9. The predicted molar refractivity (Wildman–Crippen MR) is 65.9 cm³/mol. The zero-order valence-electron chi connectivity index (χ0n) is 9.33. The van der Waals surface area contributed by atoms with Gasteiger partial charge in [-0.1, -0.05) is 24.3 Å². The fraction of sp³-hybridized carbons (Fsp3) is 0. The lowest BCUT2D eigenvalue weighted by molar-refractivity contribution is 0.0696. The first-order valence-electron chi connectivity index (χ1n) is 5.24. The molecule has 4 heteroatoms. The van der Waals surface area contributed by atoms with Gasteiger partial charge in [0.1, 0.15) is 5.75 Å². The number of hydrogen-bond donors (Lipinski definition) is 2. The highest BCUT2D eigenvalue weighted by Gasteiger charge is 2.10. The highest BCUT2D eigenvalue weighted by molar-refractivity contribution is 5.93. The normalized spacial score (nSPS) is 10.0. The van der Waals surface area contributed by atoms with Crippen molar-refractivity contribution in [1.82, 2.24) is 0 Å². The molecule has 2 aromatic rings. The van der Waals surface area contributed by atoms with Crippen molar-refractivity contribution >= 4 is 12.3 Å². The van der Waals surface area contributed by atoms with Gasteiger partial charge in [0.15, 0.2) is 6.29 Å². The van der Waals surface area contributed by atoms with Crippen molar-refractivity contribution in [3.63, 3.8) is 0 Å². The number of aromatic hydroxyl groups is 1. The number of benzene rings is 2. The van der Waals surface area contributed by atoms with Crippen molar-refractivity contribution in [2.45, 2.75) is 0 Å². The smallest absolute Gasteiger partial charge is 0.335 e. The van der Waals surface area contributed by atoms with Gasteiger partial charge in [0, 0.05) is 5.56 Å². The molecule has 2 rings (SSSR count). The Labute approximate surface area is 103 Å². The van der Waals surface area contributed by atoms with E-state index in [9.17, 15) is 14.7 Å². The lowest BCUT2D eigenvalue weighted by atomic mass is 9.98. The highest BCUT2D eigenvalue weighted by Crippen LogP contribution is 2.27. The summed E-state index contributed by atoms with van der Waals surface area (Å²) in [7, 11) is 0. The lowest BCUT2D eigenvalue weighted by Crippen LogP contribution is -1.97. The van der Waals surface area contributed by atoms with E-state index < -0.39 is 5.97 Å². The van der Waals surface area contributed by atoms with Crippen molar-refractivity contribution in [1.29, 1.82) is 0 Å². The van der Waals surface area contributed by atoms with E-state index in [0.29, 0.717) is 23.0 Å². The summed E-state index contributed by atoms with van der Waals surface area (Å²) in [4.78, 5) is 21.8. The van der Waals surface area contributed by atoms with Crippen LogP contribution in [0.1, 0.15) is 20.7 Å². The van der Waals surface area contributed by atoms with Crippen LogP contribution in [0.25, 0.3) is 11.1 Å². The van der Waals surface area contributed by atoms with Crippen LogP contribution in [0.5, 0.6) is 5.75 Å². The third-order valence-electron chi connectivity index (χ3n) is 2.56. The van der Waals surface area contributed by atoms with Crippen LogP contribution in [0.15, 0.2) is 42.5 Å². The fourth-order valence-electron chi connectivity index (χ4n) is 1.75. The van der Waals surface area contributed by atoms with Gasteiger partial charge in [-0.05, 0) is 29.3 Å². The first kappa shape index (κ1) is 11.9. The van der Waals surface area contributed by atoms with Gasteiger partial charge >= 0.3 is 5.97 Å². The van der Waals surface area contributed by atoms with E-state index in [2.05, 4.69) is 0 Å². The average molecular weight is 242 g/mol. The van der Waals surface area contributed by atoms with Gasteiger partial charge in [-0.25, -0.2) is 4.79 Å². The third-order valence-corrected chi connectivity index (χ3v) is 2.56. The van der Waals surface area contributed by atoms with Crippen LogP contribution in [0.3, 0.4) is 0 Å². The van der Waals surface area contributed by atoms with Crippen LogP contribution < -0.4 is 0 Å². The molecule has 0 radical (unpaired) electrons. The minimum absolute atomic E-state index is 0.0225. The van der Waals surface area contributed by atoms with E-state index in [4.69, 9.17) is 5.11 Å². The summed E-state index contributed by atoms with van der Waals surface area (Å²) in [5.41, 5.74) is 1.51. The number of carbonyl (C=O) groups is 2. The molecule has 2 N–H and O–H groups in total. The Morgan fingerprint density at radius 1 is 1.11 bits per heavy atom. The van der Waals surface area contributed by atoms with Crippen molar-refractivity contribution in [2.75, 3.05) is 0 Å². The molecule has 0 spiro atoms. The summed E-state index contributed by atoms with van der Waals surface area (Å²) in [6.07, 6.45) is 0.694. The summed E-state index contributed by atoms with van der Waals surface area (Å²) in [5.74, 6) is -1.28. The third kappa shape index (κ3) is 2.22. The molecular weight excluding hydrogens is 232 g/mol. The van der Waals surface area contributed by atoms with Crippen molar-refractivity contribution < 1.29 is 19.8 Å². The minimum Gasteiger partial charge on any atom is -0.508 e. The Balaban J connectivity index is 2.63. The Morgan fingerprint density at radius 2 is 1.83 bits per heavy atom. The molecule has 0 atom stereocenters. The number of rotatable bonds is 3. The lowest BCUT2D eigenvalue weighted by Gasteiger charge is -2.07. The number of phenolic OH excluding ortho intramolecular Hbond substituents is 1. The maximum Gasteiger partial charge on any atom is 0.335 e. The zero-order chi connectivity index (χ0) is 13.1. The molecule has 2 aromatic carbocycles. The molecule has 0 amide bonds. The number of phenols is 1. The second kappa shape index (κ2) is 4.71. The maximum absolute atomic E-state index is 10.9. The molecule has 18 heavy (non-hydrogen) atoms. The van der Waals surface area contributed by atoms with Crippen LogP contribution in [0, 0.1) is 0 Å². The average Bonchev–Trinajstić information content (AvgIpc) is 2.38. The Hall–Kier alpha value is -2.62. The predicted octanol–water partition coefficient (Wildman–Crippen LogP) is 2.57. The monoisotopic (exact) mass is 242 g/mol. The van der Waals surface area contributed by atoms with Crippen molar-refractivity contribution in [3.8, 4) is 16.9 Å². The van der Waals surface area contributed by atoms with E-state index in [1.54, 1.807) is 24.3 Å². The molecule has 0 aliphatic rings. The number of aldehydes is 1. The van der Waals surface area contributed by atoms with E-state index >= 15 is 0 Å². The van der Waals surface area contributed by atoms with Gasteiger partial charge in [0.25, 0.3) is 0 Å². The number of carbonyl (C=O) groups excluding carboxylic acids is 1. The molecule has 0 heterocycles. The Morgan fingerprint density at radius 3 is 2.50 bits per heavy atom. The SMILES string of the molecule is O=Cc1ccccc1-c1cc(O)cc(C(=O)O)c1. The van der Waals surface area contributed by atoms with Crippen LogP contribution >= 0.6 is 0 Å². The molecule has 4 nitrogen and oxygen atoms in total. The molecule has 0 saturated carbocycles. The van der Waals surface area contributed by atoms with Crippen LogP contribution in [0.4, 0.5) is 0 Å². The summed E-state index contributed by atoms with van der Waals surface area (Å²) in [5, 5.41) is 18.4. The van der Waals surface area contributed by atoms with E-state index in [1.807, 2.05) is 0 Å². The molecule has 0 saturated heterocycles. The van der Waals surface area contributed by atoms with Gasteiger partial charge in [0.2, 0.25) is 0 Å². The standard InChI is InChI=1S/C14H10O4/c15-8-9-3-1-2-4-13(9)10-5-11(14(17)18)7-12(16)6-10/h1-8,16H,(H,17,18). The number of aromatic carboxylic acids is 1. The second-order valence-electron chi connectivity index (χ2n) is 3.78. The fourth-order valence-corrected chi connectivity index (χ4v) is 1.75. The topological polar surface area (TPSA) is 74.6 Å². The van der Waals surface area contributed by atoms with Crippen molar-refractivity contribution in [2.24, 2.45) is 0 Å². The summed E-state index contributed by atoms with van der Waals surface area (Å²) in [6, 6.07) is 10.8. The molecule has 0 aliphatic carbocycles. The minimum atomic E-state index is -1.13. The molecule has 90 valence electrons. The van der Waals surface area contributed by atoms with Gasteiger partial charge < -0.3 is 10.2 Å². The molecule has 0 aromatic heterocycles. The second-order valence-corrected chi connectivity index (χ2v) is 3.78. The Bertz CT molecular complexity index is 617. The molecule has 0 aliphatic heterocycles. The van der Waals surface area contributed by atoms with Crippen LogP contribution in [0.2, 0.25) is 0 Å². The van der Waals surface area contributed by atoms with Gasteiger partial charge in [0.05, 0.1) is 5.56 Å². The first-order valence-corrected chi connectivity index (χ1v) is 5.24. The van der Waals surface area contributed by atoms with Gasteiger partial charge in [-0.2, -0.15) is 0 Å². The summed E-state index contributed by atoms with van der Waals surface area (Å²) in [6.45, 7) is 0. The van der Waals surface area contributed by atoms with Crippen LogP contribution in [-0.4, -0.2) is 22.5 Å². The number of hydrogen-bond acceptors (Lipinski definition) is 3. The quantitative estimate of drug-likeness (QED) is 0.811. The first-order chi connectivity index (χ1) is 8.61. The number of carboxylic acids is 1. The highest BCUT2D eigenvalue weighted by atomic mass is 16.4. The van der Waals surface area contributed by atoms with Crippen molar-refractivity contribution in [3.05, 3.63) is 53.6 Å². The summed E-state index contributed by atoms with van der Waals surface area (Å²) >= 11 is 0. The zero-order valence-corrected chi connectivity index (χ0v) is 9.33. The van der Waals surface area contributed by atoms with E-state index in [-0.39, 0.29) is 11.3 Å². The van der Waals surface area contributed by atoms with E-state index in [0.717, 1.165) is 6.07 Å². The molecule has 0 fully saturated rings. The number of carboxylic acid groups (broad SMARTS) is 1. The largest absolute Gasteiger partial charge is 0.508 e. The molecular formula is C14H10O4. The summed E-state index contributed by atoms with van der Waals surface area (Å²) < 4.78 is 0. The van der Waals surface area contributed by atoms with Gasteiger partial charge in [-0.15, -0.1) is 0 Å². The molecule has 0 bridgehead atoms. The molecule has 0 unspecified atom stereocenters.